The van der Waals surface area contributed by atoms with Crippen molar-refractivity contribution in [3.05, 3.63) is 53.5 Å². The van der Waals surface area contributed by atoms with Gasteiger partial charge in [-0.3, -0.25) is 4.79 Å². The molecule has 0 bridgehead atoms. The van der Waals surface area contributed by atoms with Crippen molar-refractivity contribution in [2.45, 2.75) is 46.1 Å². The summed E-state index contributed by atoms with van der Waals surface area (Å²) in [5.74, 6) is -1.51. The van der Waals surface area contributed by atoms with Crippen LogP contribution in [0.4, 0.5) is 16.3 Å². The van der Waals surface area contributed by atoms with E-state index in [4.69, 9.17) is 5.73 Å². The molecule has 174 valence electrons. The minimum Gasteiger partial charge on any atom is -0.480 e. The third-order valence-electron chi connectivity index (χ3n) is 5.80. The number of aromatic nitrogens is 3. The summed E-state index contributed by atoms with van der Waals surface area (Å²) in [4.78, 5) is 41.5. The second-order valence-electron chi connectivity index (χ2n) is 8.69. The summed E-state index contributed by atoms with van der Waals surface area (Å²) in [6, 6.07) is 7.45. The van der Waals surface area contributed by atoms with Gasteiger partial charge >= 0.3 is 12.0 Å². The molecule has 2 heterocycles. The van der Waals surface area contributed by atoms with Crippen LogP contribution in [0.5, 0.6) is 0 Å². The summed E-state index contributed by atoms with van der Waals surface area (Å²) in [6.45, 7) is 8.82. The highest BCUT2D eigenvalue weighted by Crippen LogP contribution is 2.27. The largest absolute Gasteiger partial charge is 0.480 e. The van der Waals surface area contributed by atoms with Crippen molar-refractivity contribution in [3.63, 3.8) is 0 Å². The summed E-state index contributed by atoms with van der Waals surface area (Å²) >= 11 is 0. The van der Waals surface area contributed by atoms with E-state index >= 15 is 0 Å². The number of hydrogen-bond acceptors (Lipinski definition) is 6. The smallest absolute Gasteiger partial charge is 0.329 e. The van der Waals surface area contributed by atoms with Crippen molar-refractivity contribution in [2.75, 3.05) is 11.1 Å². The number of nitrogens with two attached hydrogens (primary N) is 1. The van der Waals surface area contributed by atoms with Gasteiger partial charge in [0.15, 0.2) is 11.6 Å². The van der Waals surface area contributed by atoms with Crippen LogP contribution in [0.3, 0.4) is 0 Å². The van der Waals surface area contributed by atoms with Crippen LogP contribution in [0.15, 0.2) is 36.7 Å². The number of anilines is 2. The Kier molecular flexibility index (Phi) is 6.39. The van der Waals surface area contributed by atoms with Crippen molar-refractivity contribution >= 4 is 34.8 Å². The van der Waals surface area contributed by atoms with Gasteiger partial charge in [0.2, 0.25) is 0 Å². The molecule has 0 aliphatic heterocycles. The predicted octanol–water partition coefficient (Wildman–Crippen LogP) is 3.29. The van der Waals surface area contributed by atoms with E-state index < -0.39 is 17.5 Å². The van der Waals surface area contributed by atoms with Crippen LogP contribution in [0, 0.1) is 5.92 Å². The van der Waals surface area contributed by atoms with Gasteiger partial charge in [-0.25, -0.2) is 19.1 Å². The fourth-order valence-corrected chi connectivity index (χ4v) is 3.41. The number of hydrogen-bond donors (Lipinski definition) is 4. The lowest BCUT2D eigenvalue weighted by atomic mass is 9.89. The van der Waals surface area contributed by atoms with E-state index in [1.165, 1.54) is 19.3 Å². The quantitative estimate of drug-likeness (QED) is 0.401. The van der Waals surface area contributed by atoms with E-state index in [0.29, 0.717) is 22.3 Å². The number of nitrogen functional groups attached to an aromatic ring is 1. The van der Waals surface area contributed by atoms with E-state index in [1.54, 1.807) is 42.6 Å². The molecule has 2 aromatic heterocycles. The third-order valence-corrected chi connectivity index (χ3v) is 5.80. The number of carboxylic acid groups (broad SMARTS) is 1. The highest BCUT2D eigenvalue weighted by atomic mass is 16.4. The van der Waals surface area contributed by atoms with Crippen LogP contribution in [0.2, 0.25) is 0 Å². The number of carbonyl (C=O) groups excluding carboxylic acids is 2. The number of urea groups is 1. The van der Waals surface area contributed by atoms with E-state index in [2.05, 4.69) is 20.7 Å². The molecule has 10 heteroatoms. The highest BCUT2D eigenvalue weighted by Gasteiger charge is 2.38. The normalized spacial score (nSPS) is 13.2. The Balaban J connectivity index is 1.91. The maximum atomic E-state index is 13.4. The Morgan fingerprint density at radius 1 is 1.15 bits per heavy atom. The minimum absolute atomic E-state index is 0.0922. The molecule has 0 spiro atoms. The second-order valence-corrected chi connectivity index (χ2v) is 8.69. The van der Waals surface area contributed by atoms with Crippen molar-refractivity contribution in [1.29, 1.82) is 0 Å². The van der Waals surface area contributed by atoms with Crippen LogP contribution in [-0.4, -0.2) is 43.0 Å². The number of rotatable bonds is 7. The number of aliphatic carboxylic acids is 1. The first-order chi connectivity index (χ1) is 15.5. The molecule has 0 unspecified atom stereocenters. The summed E-state index contributed by atoms with van der Waals surface area (Å²) in [5, 5.41) is 18.8. The molecular weight excluding hydrogens is 424 g/mol. The number of amides is 2. The molecule has 0 saturated carbocycles. The first kappa shape index (κ1) is 23.7. The van der Waals surface area contributed by atoms with Crippen LogP contribution < -0.4 is 16.4 Å². The molecule has 0 aliphatic carbocycles. The molecule has 33 heavy (non-hydrogen) atoms. The van der Waals surface area contributed by atoms with Gasteiger partial charge in [0, 0.05) is 16.9 Å². The molecule has 0 radical (unpaired) electrons. The fourth-order valence-electron chi connectivity index (χ4n) is 3.41. The Morgan fingerprint density at radius 2 is 1.85 bits per heavy atom. The Morgan fingerprint density at radius 3 is 2.45 bits per heavy atom. The van der Waals surface area contributed by atoms with E-state index in [0.717, 1.165) is 5.69 Å². The van der Waals surface area contributed by atoms with E-state index in [9.17, 15) is 19.5 Å². The minimum atomic E-state index is -1.45. The molecule has 1 atom stereocenters. The van der Waals surface area contributed by atoms with Gasteiger partial charge in [-0.2, -0.15) is 5.10 Å². The fraction of sp³-hybridized carbons (Fsp3) is 0.348. The Labute approximate surface area is 191 Å². The maximum Gasteiger partial charge on any atom is 0.329 e. The Bertz CT molecular complexity index is 1230. The first-order valence-electron chi connectivity index (χ1n) is 10.5. The van der Waals surface area contributed by atoms with Gasteiger partial charge in [-0.15, -0.1) is 0 Å². The van der Waals surface area contributed by atoms with Gasteiger partial charge in [-0.1, -0.05) is 39.8 Å². The zero-order chi connectivity index (χ0) is 24.5. The van der Waals surface area contributed by atoms with Crippen LogP contribution >= 0.6 is 0 Å². The molecule has 0 aliphatic rings. The van der Waals surface area contributed by atoms with Crippen molar-refractivity contribution in [2.24, 2.45) is 5.92 Å². The maximum absolute atomic E-state index is 13.4. The summed E-state index contributed by atoms with van der Waals surface area (Å²) < 4.78 is 1.62. The average Bonchev–Trinajstić information content (AvgIpc) is 3.14. The number of carboxylic acids is 1. The summed E-state index contributed by atoms with van der Waals surface area (Å²) in [7, 11) is 0. The number of carbonyl (C=O) groups is 3. The molecule has 0 fully saturated rings. The lowest BCUT2D eigenvalue weighted by molar-refractivity contribution is -0.145. The van der Waals surface area contributed by atoms with Crippen molar-refractivity contribution in [3.8, 4) is 0 Å². The monoisotopic (exact) mass is 452 g/mol. The van der Waals surface area contributed by atoms with Crippen molar-refractivity contribution in [1.82, 2.24) is 19.9 Å². The molecule has 5 N–H and O–H groups in total. The molecule has 3 rings (SSSR count). The summed E-state index contributed by atoms with van der Waals surface area (Å²) in [6.07, 6.45) is 1.34. The lowest BCUT2D eigenvalue weighted by Gasteiger charge is -2.30. The average molecular weight is 453 g/mol. The van der Waals surface area contributed by atoms with Crippen LogP contribution in [0.1, 0.15) is 62.2 Å². The van der Waals surface area contributed by atoms with Gasteiger partial charge in [0.05, 0.1) is 5.56 Å². The van der Waals surface area contributed by atoms with Crippen molar-refractivity contribution < 1.29 is 19.5 Å². The van der Waals surface area contributed by atoms with Crippen LogP contribution in [-0.2, 0) is 4.79 Å². The first-order valence-corrected chi connectivity index (χ1v) is 10.5. The SMILES string of the molecule is CC(C)c1cc(C(=O)c2cccc(NC(=O)N[C@](C)(C(=O)O)C(C)C)c2)c2c(N)ncnn12. The number of benzene rings is 1. The molecular formula is C23H28N6O4. The van der Waals surface area contributed by atoms with Gasteiger partial charge in [0.1, 0.15) is 17.4 Å². The zero-order valence-electron chi connectivity index (χ0n) is 19.2. The van der Waals surface area contributed by atoms with E-state index in [1.807, 2.05) is 13.8 Å². The molecule has 2 amide bonds. The number of fused-ring (bicyclic) bond motifs is 1. The highest BCUT2D eigenvalue weighted by molar-refractivity contribution is 6.15. The zero-order valence-corrected chi connectivity index (χ0v) is 19.2. The van der Waals surface area contributed by atoms with E-state index in [-0.39, 0.29) is 23.4 Å². The van der Waals surface area contributed by atoms with Gasteiger partial charge in [-0.05, 0) is 37.0 Å². The number of nitrogens with zero attached hydrogens (tertiary/aromatic N) is 3. The topological polar surface area (TPSA) is 152 Å². The van der Waals surface area contributed by atoms with Gasteiger partial charge < -0.3 is 21.5 Å². The number of ketones is 1. The summed E-state index contributed by atoms with van der Waals surface area (Å²) in [5.41, 5.74) is 6.87. The second kappa shape index (κ2) is 8.89. The molecule has 1 aromatic carbocycles. The molecule has 0 saturated heterocycles. The number of nitrogens with one attached hydrogen (secondary N) is 2. The third kappa shape index (κ3) is 4.50. The molecule has 3 aromatic rings. The standard InChI is InChI=1S/C23H28N6O4/c1-12(2)17-10-16(18-20(24)25-11-26-29(17)18)19(30)14-7-6-8-15(9-14)27-22(33)28-23(5,13(3)4)21(31)32/h6-13H,1-5H3,(H,31,32)(H2,24,25,26)(H2,27,28,33)/t23-/m0/s1. The predicted molar refractivity (Wildman–Crippen MR) is 124 cm³/mol. The van der Waals surface area contributed by atoms with Gasteiger partial charge in [0.25, 0.3) is 0 Å². The lowest BCUT2D eigenvalue weighted by Crippen LogP contribution is -2.56. The molecule has 10 nitrogen and oxygen atoms in total. The van der Waals surface area contributed by atoms with Crippen LogP contribution in [0.25, 0.3) is 5.52 Å². The Hall–Kier alpha value is -3.95.